The third-order valence-corrected chi connectivity index (χ3v) is 11.3. The standard InChI is InChI=1S/C39H46N4O3S/c1-2-26-14-15-36-30(20-26)34(24-39(46-36)16-8-9-17-39)41-25-35(44)32(21-27-10-4-3-5-11-27)43-37(45)29-22-31(28-12-6-7-13-28)42-33(23-29)38-40-18-19-47-38/h3-5,10-11,14-15,18-20,22-23,28,32,34-35,41,44H,2,6-9,12-13,16-17,21,24-25H2,1H3,(H,43,45)/t32-,34-,35-/m0/s1. The summed E-state index contributed by atoms with van der Waals surface area (Å²) < 4.78 is 6.66. The average molecular weight is 651 g/mol. The molecular weight excluding hydrogens is 605 g/mol. The number of rotatable bonds is 11. The van der Waals surface area contributed by atoms with Crippen molar-refractivity contribution in [2.24, 2.45) is 0 Å². The number of aryl methyl sites for hydroxylation is 1. The van der Waals surface area contributed by atoms with Crippen molar-refractivity contribution < 1.29 is 14.6 Å². The SMILES string of the molecule is CCc1ccc2c(c1)[C@@H](NC[C@H](O)[C@H](Cc1ccccc1)NC(=O)c1cc(-c3nccs3)nc(C3CCCC3)c1)CC1(CCCC1)O2. The van der Waals surface area contributed by atoms with Crippen molar-refractivity contribution in [2.45, 2.75) is 107 Å². The maximum absolute atomic E-state index is 14.0. The summed E-state index contributed by atoms with van der Waals surface area (Å²) in [7, 11) is 0. The fraction of sp³-hybridized carbons (Fsp3) is 0.462. The zero-order chi connectivity index (χ0) is 32.2. The monoisotopic (exact) mass is 650 g/mol. The summed E-state index contributed by atoms with van der Waals surface area (Å²) in [6.45, 7) is 2.52. The lowest BCUT2D eigenvalue weighted by Gasteiger charge is -2.41. The van der Waals surface area contributed by atoms with Crippen LogP contribution in [0.5, 0.6) is 5.75 Å². The van der Waals surface area contributed by atoms with E-state index in [1.54, 1.807) is 6.20 Å². The number of carbonyl (C=O) groups is 1. The number of nitrogens with one attached hydrogen (secondary N) is 2. The highest BCUT2D eigenvalue weighted by Gasteiger charge is 2.43. The Hall–Kier alpha value is -3.59. The summed E-state index contributed by atoms with van der Waals surface area (Å²) in [6, 6.07) is 20.0. The van der Waals surface area contributed by atoms with E-state index in [0.29, 0.717) is 24.4 Å². The van der Waals surface area contributed by atoms with Gasteiger partial charge in [0.25, 0.3) is 5.91 Å². The van der Waals surface area contributed by atoms with Crippen LogP contribution < -0.4 is 15.4 Å². The van der Waals surface area contributed by atoms with Crippen LogP contribution in [0, 0.1) is 0 Å². The maximum Gasteiger partial charge on any atom is 0.251 e. The molecule has 4 aromatic rings. The lowest BCUT2D eigenvalue weighted by molar-refractivity contribution is 0.0326. The minimum atomic E-state index is -0.811. The predicted octanol–water partition coefficient (Wildman–Crippen LogP) is 7.55. The number of hydrogen-bond acceptors (Lipinski definition) is 7. The van der Waals surface area contributed by atoms with Crippen molar-refractivity contribution in [3.63, 3.8) is 0 Å². The number of pyridine rings is 1. The summed E-state index contributed by atoms with van der Waals surface area (Å²) in [4.78, 5) is 23.5. The van der Waals surface area contributed by atoms with Gasteiger partial charge in [-0.1, -0.05) is 62.2 Å². The van der Waals surface area contributed by atoms with E-state index in [-0.39, 0.29) is 17.6 Å². The second kappa shape index (κ2) is 14.3. The van der Waals surface area contributed by atoms with E-state index >= 15 is 0 Å². The number of aliphatic hydroxyl groups excluding tert-OH is 1. The van der Waals surface area contributed by atoms with Crippen LogP contribution in [0.2, 0.25) is 0 Å². The van der Waals surface area contributed by atoms with Gasteiger partial charge in [0, 0.05) is 53.3 Å². The second-order valence-corrected chi connectivity index (χ2v) is 14.6. The molecule has 1 spiro atoms. The van der Waals surface area contributed by atoms with Crippen molar-refractivity contribution in [3.05, 3.63) is 100 Å². The molecule has 0 radical (unpaired) electrons. The van der Waals surface area contributed by atoms with Crippen LogP contribution in [-0.4, -0.2) is 45.3 Å². The van der Waals surface area contributed by atoms with Gasteiger partial charge in [-0.3, -0.25) is 4.79 Å². The van der Waals surface area contributed by atoms with Gasteiger partial charge in [0.1, 0.15) is 16.4 Å². The first kappa shape index (κ1) is 32.0. The zero-order valence-corrected chi connectivity index (χ0v) is 28.1. The van der Waals surface area contributed by atoms with Gasteiger partial charge >= 0.3 is 0 Å². The highest BCUT2D eigenvalue weighted by molar-refractivity contribution is 7.13. The molecule has 8 heteroatoms. The number of thiazole rings is 1. The minimum absolute atomic E-state index is 0.0705. The first-order valence-electron chi connectivity index (χ1n) is 17.5. The smallest absolute Gasteiger partial charge is 0.251 e. The first-order valence-corrected chi connectivity index (χ1v) is 18.4. The number of aliphatic hydroxyl groups is 1. The molecule has 2 aromatic carbocycles. The third-order valence-electron chi connectivity index (χ3n) is 10.5. The largest absolute Gasteiger partial charge is 0.487 e. The molecule has 2 aromatic heterocycles. The summed E-state index contributed by atoms with van der Waals surface area (Å²) in [6.07, 6.45) is 12.4. The number of nitrogens with zero attached hydrogens (tertiary/aromatic N) is 2. The van der Waals surface area contributed by atoms with Crippen molar-refractivity contribution in [3.8, 4) is 16.5 Å². The Morgan fingerprint density at radius 3 is 2.60 bits per heavy atom. The molecule has 0 unspecified atom stereocenters. The molecule has 2 fully saturated rings. The van der Waals surface area contributed by atoms with Crippen molar-refractivity contribution in [2.75, 3.05) is 6.54 Å². The lowest BCUT2D eigenvalue weighted by atomic mass is 9.85. The van der Waals surface area contributed by atoms with Crippen LogP contribution in [0.15, 0.2) is 72.2 Å². The topological polar surface area (TPSA) is 96.4 Å². The van der Waals surface area contributed by atoms with Gasteiger partial charge in [-0.2, -0.15) is 0 Å². The quantitative estimate of drug-likeness (QED) is 0.155. The molecule has 47 heavy (non-hydrogen) atoms. The molecular formula is C39H46N4O3S. The van der Waals surface area contributed by atoms with Crippen molar-refractivity contribution >= 4 is 17.2 Å². The zero-order valence-electron chi connectivity index (χ0n) is 27.3. The summed E-state index contributed by atoms with van der Waals surface area (Å²) in [5.74, 6) is 1.12. The molecule has 7 rings (SSSR count). The fourth-order valence-corrected chi connectivity index (χ4v) is 8.43. The molecule has 3 aliphatic rings. The number of fused-ring (bicyclic) bond motifs is 1. The molecule has 3 N–H and O–H groups in total. The maximum atomic E-state index is 14.0. The number of benzene rings is 2. The molecule has 3 atom stereocenters. The number of aromatic nitrogens is 2. The third kappa shape index (κ3) is 7.30. The van der Waals surface area contributed by atoms with Crippen LogP contribution in [0.1, 0.15) is 109 Å². The fourth-order valence-electron chi connectivity index (χ4n) is 7.83. The van der Waals surface area contributed by atoms with E-state index in [1.807, 2.05) is 35.7 Å². The number of carbonyl (C=O) groups excluding carboxylic acids is 1. The molecule has 246 valence electrons. The highest BCUT2D eigenvalue weighted by atomic mass is 32.1. The van der Waals surface area contributed by atoms with Gasteiger partial charge in [0.05, 0.1) is 17.8 Å². The van der Waals surface area contributed by atoms with Gasteiger partial charge in [-0.15, -0.1) is 11.3 Å². The van der Waals surface area contributed by atoms with Gasteiger partial charge in [0.2, 0.25) is 0 Å². The van der Waals surface area contributed by atoms with Crippen molar-refractivity contribution in [1.29, 1.82) is 0 Å². The summed E-state index contributed by atoms with van der Waals surface area (Å²) in [5.41, 5.74) is 5.64. The van der Waals surface area contributed by atoms with E-state index in [4.69, 9.17) is 9.72 Å². The minimum Gasteiger partial charge on any atom is -0.487 e. The van der Waals surface area contributed by atoms with Gasteiger partial charge in [0.15, 0.2) is 0 Å². The second-order valence-electron chi connectivity index (χ2n) is 13.7. The Morgan fingerprint density at radius 1 is 1.04 bits per heavy atom. The molecule has 2 aliphatic carbocycles. The number of hydrogen-bond donors (Lipinski definition) is 3. The number of amides is 1. The van der Waals surface area contributed by atoms with E-state index in [1.165, 1.54) is 48.1 Å². The summed E-state index contributed by atoms with van der Waals surface area (Å²) in [5, 5.41) is 21.5. The molecule has 2 saturated carbocycles. The predicted molar refractivity (Wildman–Crippen MR) is 187 cm³/mol. The van der Waals surface area contributed by atoms with E-state index < -0.39 is 12.1 Å². The highest BCUT2D eigenvalue weighted by Crippen LogP contribution is 2.47. The van der Waals surface area contributed by atoms with Gasteiger partial charge in [-0.05, 0) is 80.7 Å². The lowest BCUT2D eigenvalue weighted by Crippen LogP contribution is -2.50. The summed E-state index contributed by atoms with van der Waals surface area (Å²) >= 11 is 1.53. The Labute approximate surface area is 282 Å². The normalized spacial score (nSPS) is 20.1. The van der Waals surface area contributed by atoms with Crippen LogP contribution >= 0.6 is 11.3 Å². The molecule has 1 amide bonds. The first-order chi connectivity index (χ1) is 23.0. The molecule has 0 saturated heterocycles. The van der Waals surface area contributed by atoms with E-state index in [9.17, 15) is 9.90 Å². The van der Waals surface area contributed by atoms with E-state index in [0.717, 1.165) is 66.2 Å². The van der Waals surface area contributed by atoms with Crippen LogP contribution in [0.4, 0.5) is 0 Å². The van der Waals surface area contributed by atoms with Gasteiger partial charge in [-0.25, -0.2) is 9.97 Å². The Bertz CT molecular complexity index is 1650. The van der Waals surface area contributed by atoms with Crippen LogP contribution in [0.25, 0.3) is 10.7 Å². The van der Waals surface area contributed by atoms with E-state index in [2.05, 4.69) is 52.9 Å². The molecule has 1 aliphatic heterocycles. The van der Waals surface area contributed by atoms with Crippen LogP contribution in [-0.2, 0) is 12.8 Å². The van der Waals surface area contributed by atoms with Gasteiger partial charge < -0.3 is 20.5 Å². The Balaban J connectivity index is 1.13. The average Bonchev–Trinajstić information content (AvgIpc) is 3.91. The Morgan fingerprint density at radius 2 is 1.85 bits per heavy atom. The van der Waals surface area contributed by atoms with Crippen LogP contribution in [0.3, 0.4) is 0 Å². The number of ether oxygens (including phenoxy) is 1. The van der Waals surface area contributed by atoms with Crippen molar-refractivity contribution in [1.82, 2.24) is 20.6 Å². The Kier molecular flexibility index (Phi) is 9.70. The molecule has 3 heterocycles. The molecule has 7 nitrogen and oxygen atoms in total. The molecule has 0 bridgehead atoms.